The number of hydrogen-bond donors (Lipinski definition) is 2. The summed E-state index contributed by atoms with van der Waals surface area (Å²) in [5.41, 5.74) is 0.862. The molecule has 0 bridgehead atoms. The van der Waals surface area contributed by atoms with Gasteiger partial charge in [0.05, 0.1) is 4.90 Å². The van der Waals surface area contributed by atoms with Crippen LogP contribution in [0.15, 0.2) is 29.2 Å². The molecule has 2 saturated carbocycles. The molecule has 5 heteroatoms. The van der Waals surface area contributed by atoms with Gasteiger partial charge < -0.3 is 5.32 Å². The van der Waals surface area contributed by atoms with Crippen LogP contribution in [0.3, 0.4) is 0 Å². The standard InChI is InChI=1S/C16H24N2O2S/c17-21(19,20)16-7-3-6-14(11-16)18-15-9-8-12-4-1-2-5-13(12)10-15/h3,6-7,11-13,15,18H,1-2,4-5,8-10H2,(H2,17,19,20). The summed E-state index contributed by atoms with van der Waals surface area (Å²) in [6.45, 7) is 0. The molecule has 1 aromatic carbocycles. The normalized spacial score (nSPS) is 29.7. The van der Waals surface area contributed by atoms with E-state index in [0.717, 1.165) is 17.5 Å². The van der Waals surface area contributed by atoms with Crippen molar-refractivity contribution in [2.45, 2.75) is 55.9 Å². The minimum Gasteiger partial charge on any atom is -0.382 e. The second-order valence-corrected chi connectivity index (χ2v) is 8.09. The number of rotatable bonds is 3. The summed E-state index contributed by atoms with van der Waals surface area (Å²) in [6.07, 6.45) is 9.23. The van der Waals surface area contributed by atoms with Crippen LogP contribution in [-0.4, -0.2) is 14.5 Å². The van der Waals surface area contributed by atoms with Gasteiger partial charge in [-0.2, -0.15) is 0 Å². The maximum absolute atomic E-state index is 11.4. The molecule has 0 radical (unpaired) electrons. The van der Waals surface area contributed by atoms with Gasteiger partial charge >= 0.3 is 0 Å². The number of nitrogens with two attached hydrogens (primary N) is 1. The van der Waals surface area contributed by atoms with Crippen LogP contribution in [0.25, 0.3) is 0 Å². The van der Waals surface area contributed by atoms with Crippen LogP contribution in [0, 0.1) is 11.8 Å². The Morgan fingerprint density at radius 1 is 1.05 bits per heavy atom. The van der Waals surface area contributed by atoms with E-state index in [0.29, 0.717) is 6.04 Å². The zero-order valence-corrected chi connectivity index (χ0v) is 13.1. The maximum atomic E-state index is 11.4. The molecule has 1 aromatic rings. The Balaban J connectivity index is 1.67. The Kier molecular flexibility index (Phi) is 4.22. The molecule has 3 rings (SSSR count). The van der Waals surface area contributed by atoms with E-state index in [2.05, 4.69) is 5.32 Å². The third-order valence-electron chi connectivity index (χ3n) is 5.07. The summed E-state index contributed by atoms with van der Waals surface area (Å²) in [4.78, 5) is 0.179. The lowest BCUT2D eigenvalue weighted by molar-refractivity contribution is 0.162. The third kappa shape index (κ3) is 3.58. The van der Waals surface area contributed by atoms with Crippen molar-refractivity contribution >= 4 is 15.7 Å². The summed E-state index contributed by atoms with van der Waals surface area (Å²) in [7, 11) is -3.63. The van der Waals surface area contributed by atoms with E-state index in [-0.39, 0.29) is 4.90 Å². The number of hydrogen-bond acceptors (Lipinski definition) is 3. The highest BCUT2D eigenvalue weighted by Gasteiger charge is 2.32. The minimum atomic E-state index is -3.63. The topological polar surface area (TPSA) is 72.2 Å². The maximum Gasteiger partial charge on any atom is 0.238 e. The second kappa shape index (κ2) is 5.97. The van der Waals surface area contributed by atoms with Gasteiger partial charge in [-0.25, -0.2) is 13.6 Å². The van der Waals surface area contributed by atoms with Gasteiger partial charge in [-0.05, 0) is 49.3 Å². The van der Waals surface area contributed by atoms with Crippen molar-refractivity contribution in [3.05, 3.63) is 24.3 Å². The molecule has 0 heterocycles. The molecule has 0 spiro atoms. The molecule has 116 valence electrons. The predicted octanol–water partition coefficient (Wildman–Crippen LogP) is 3.10. The fourth-order valence-electron chi connectivity index (χ4n) is 4.00. The average molecular weight is 308 g/mol. The second-order valence-electron chi connectivity index (χ2n) is 6.53. The van der Waals surface area contributed by atoms with Crippen LogP contribution in [-0.2, 0) is 10.0 Å². The van der Waals surface area contributed by atoms with E-state index in [9.17, 15) is 8.42 Å². The van der Waals surface area contributed by atoms with Gasteiger partial charge in [-0.15, -0.1) is 0 Å². The monoisotopic (exact) mass is 308 g/mol. The molecule has 2 fully saturated rings. The van der Waals surface area contributed by atoms with Crippen LogP contribution in [0.1, 0.15) is 44.9 Å². The molecular formula is C16H24N2O2S. The van der Waals surface area contributed by atoms with E-state index in [4.69, 9.17) is 5.14 Å². The Labute approximate surface area is 127 Å². The number of primary sulfonamides is 1. The zero-order valence-electron chi connectivity index (χ0n) is 12.3. The van der Waals surface area contributed by atoms with E-state index >= 15 is 0 Å². The SMILES string of the molecule is NS(=O)(=O)c1cccc(NC2CCC3CCCCC3C2)c1. The Hall–Kier alpha value is -1.07. The number of nitrogens with one attached hydrogen (secondary N) is 1. The summed E-state index contributed by atoms with van der Waals surface area (Å²) >= 11 is 0. The van der Waals surface area contributed by atoms with Crippen molar-refractivity contribution in [1.82, 2.24) is 0 Å². The van der Waals surface area contributed by atoms with E-state index in [1.807, 2.05) is 6.07 Å². The summed E-state index contributed by atoms with van der Waals surface area (Å²) in [6, 6.07) is 7.30. The minimum absolute atomic E-state index is 0.179. The van der Waals surface area contributed by atoms with Crippen LogP contribution in [0.2, 0.25) is 0 Å². The molecule has 3 unspecified atom stereocenters. The van der Waals surface area contributed by atoms with Gasteiger partial charge in [0, 0.05) is 11.7 Å². The average Bonchev–Trinajstić information content (AvgIpc) is 2.46. The highest BCUT2D eigenvalue weighted by molar-refractivity contribution is 7.89. The number of fused-ring (bicyclic) bond motifs is 1. The number of benzene rings is 1. The molecule has 3 atom stereocenters. The van der Waals surface area contributed by atoms with Crippen molar-refractivity contribution in [3.63, 3.8) is 0 Å². The highest BCUT2D eigenvalue weighted by Crippen LogP contribution is 2.41. The van der Waals surface area contributed by atoms with E-state index in [1.165, 1.54) is 44.9 Å². The Morgan fingerprint density at radius 3 is 2.57 bits per heavy atom. The fourth-order valence-corrected chi connectivity index (χ4v) is 4.56. The Morgan fingerprint density at radius 2 is 1.81 bits per heavy atom. The van der Waals surface area contributed by atoms with Crippen LogP contribution in [0.5, 0.6) is 0 Å². The van der Waals surface area contributed by atoms with E-state index in [1.54, 1.807) is 18.2 Å². The van der Waals surface area contributed by atoms with Crippen LogP contribution >= 0.6 is 0 Å². The van der Waals surface area contributed by atoms with Crippen molar-refractivity contribution in [2.75, 3.05) is 5.32 Å². The third-order valence-corrected chi connectivity index (χ3v) is 5.98. The molecule has 0 aromatic heterocycles. The lowest BCUT2D eigenvalue weighted by Crippen LogP contribution is -2.34. The summed E-state index contributed by atoms with van der Waals surface area (Å²) in [5, 5.41) is 8.70. The van der Waals surface area contributed by atoms with Crippen molar-refractivity contribution in [1.29, 1.82) is 0 Å². The van der Waals surface area contributed by atoms with Gasteiger partial charge in [0.25, 0.3) is 0 Å². The smallest absolute Gasteiger partial charge is 0.238 e. The first-order valence-corrected chi connectivity index (χ1v) is 9.46. The largest absolute Gasteiger partial charge is 0.382 e. The molecule has 4 nitrogen and oxygen atoms in total. The molecule has 0 aliphatic heterocycles. The fraction of sp³-hybridized carbons (Fsp3) is 0.625. The summed E-state index contributed by atoms with van der Waals surface area (Å²) in [5.74, 6) is 1.78. The van der Waals surface area contributed by atoms with Crippen molar-refractivity contribution < 1.29 is 8.42 Å². The first-order valence-electron chi connectivity index (χ1n) is 7.92. The zero-order chi connectivity index (χ0) is 14.9. The molecule has 0 saturated heterocycles. The lowest BCUT2D eigenvalue weighted by atomic mass is 9.69. The highest BCUT2D eigenvalue weighted by atomic mass is 32.2. The molecule has 0 amide bonds. The number of anilines is 1. The van der Waals surface area contributed by atoms with Gasteiger partial charge in [-0.1, -0.05) is 31.7 Å². The van der Waals surface area contributed by atoms with Gasteiger partial charge in [-0.3, -0.25) is 0 Å². The first-order chi connectivity index (χ1) is 10.0. The van der Waals surface area contributed by atoms with Gasteiger partial charge in [0.2, 0.25) is 10.0 Å². The van der Waals surface area contributed by atoms with Crippen molar-refractivity contribution in [3.8, 4) is 0 Å². The lowest BCUT2D eigenvalue weighted by Gasteiger charge is -2.39. The predicted molar refractivity (Wildman–Crippen MR) is 84.5 cm³/mol. The molecule has 2 aliphatic carbocycles. The molecule has 21 heavy (non-hydrogen) atoms. The number of sulfonamides is 1. The molecular weight excluding hydrogens is 284 g/mol. The quantitative estimate of drug-likeness (QED) is 0.901. The summed E-state index contributed by atoms with van der Waals surface area (Å²) < 4.78 is 22.8. The van der Waals surface area contributed by atoms with Gasteiger partial charge in [0.15, 0.2) is 0 Å². The first kappa shape index (κ1) is 14.9. The molecule has 2 aliphatic rings. The molecule has 3 N–H and O–H groups in total. The van der Waals surface area contributed by atoms with Crippen LogP contribution in [0.4, 0.5) is 5.69 Å². The van der Waals surface area contributed by atoms with Crippen LogP contribution < -0.4 is 10.5 Å². The van der Waals surface area contributed by atoms with Gasteiger partial charge in [0.1, 0.15) is 0 Å². The van der Waals surface area contributed by atoms with Crippen molar-refractivity contribution in [2.24, 2.45) is 17.0 Å². The Bertz CT molecular complexity index is 600. The van der Waals surface area contributed by atoms with E-state index < -0.39 is 10.0 Å².